The Kier molecular flexibility index (Phi) is 3.15. The minimum Gasteiger partial charge on any atom is -0.0812 e. The molecule has 0 spiro atoms. The molecule has 1 rings (SSSR count). The van der Waals surface area contributed by atoms with Crippen LogP contribution >= 0.6 is 0 Å². The van der Waals surface area contributed by atoms with Crippen molar-refractivity contribution in [2.75, 3.05) is 0 Å². The van der Waals surface area contributed by atoms with E-state index in [1.807, 2.05) is 0 Å². The van der Waals surface area contributed by atoms with Crippen molar-refractivity contribution < 1.29 is 0 Å². The van der Waals surface area contributed by atoms with Crippen LogP contribution in [0.5, 0.6) is 0 Å². The van der Waals surface area contributed by atoms with Crippen LogP contribution in [0.1, 0.15) is 53.9 Å². The van der Waals surface area contributed by atoms with E-state index in [0.717, 1.165) is 0 Å². The van der Waals surface area contributed by atoms with Crippen LogP contribution in [0, 0.1) is 10.8 Å². The second-order valence-electron chi connectivity index (χ2n) is 6.17. The third kappa shape index (κ3) is 1.66. The minimum absolute atomic E-state index is 0.0873. The van der Waals surface area contributed by atoms with Crippen molar-refractivity contribution in [3.05, 3.63) is 0 Å². The molecule has 0 aromatic carbocycles. The lowest BCUT2D eigenvalue weighted by Crippen LogP contribution is -2.42. The Bertz CT molecular complexity index is 207. The van der Waals surface area contributed by atoms with E-state index < -0.39 is 0 Å². The molecule has 2 atom stereocenters. The van der Waals surface area contributed by atoms with Gasteiger partial charge in [0.15, 0.2) is 0 Å². The van der Waals surface area contributed by atoms with Crippen molar-refractivity contribution >= 4 is 15.1 Å². The summed E-state index contributed by atoms with van der Waals surface area (Å²) in [6.45, 7) is 11.4. The second-order valence-corrected chi connectivity index (χ2v) is 6.17. The van der Waals surface area contributed by atoms with E-state index in [-0.39, 0.29) is 10.6 Å². The lowest BCUT2D eigenvalue weighted by molar-refractivity contribution is 0.155. The molecular weight excluding hydrogens is 166 g/mol. The first-order valence-corrected chi connectivity index (χ1v) is 5.90. The maximum absolute atomic E-state index is 6.65. The van der Waals surface area contributed by atoms with Crippen molar-refractivity contribution in [2.45, 2.75) is 65.4 Å². The van der Waals surface area contributed by atoms with E-state index >= 15 is 0 Å². The van der Waals surface area contributed by atoms with Crippen LogP contribution in [0.2, 0.25) is 11.5 Å². The van der Waals surface area contributed by atoms with Crippen LogP contribution in [0.3, 0.4) is 0 Å². The standard InChI is InChI=1S/C12H23B2/c1-6-7-11(5)8-9-14-12(11,13)10(2,3)4/h6-9H2,1-5H3. The highest BCUT2D eigenvalue weighted by atomic mass is 14.5. The van der Waals surface area contributed by atoms with E-state index in [2.05, 4.69) is 41.9 Å². The van der Waals surface area contributed by atoms with Gasteiger partial charge in [0.2, 0.25) is 0 Å². The zero-order chi connectivity index (χ0) is 11.0. The Labute approximate surface area is 91.9 Å². The molecule has 0 amide bonds. The summed E-state index contributed by atoms with van der Waals surface area (Å²) in [6, 6.07) is 0. The van der Waals surface area contributed by atoms with Crippen molar-refractivity contribution in [3.8, 4) is 0 Å². The van der Waals surface area contributed by atoms with Gasteiger partial charge in [-0.1, -0.05) is 59.0 Å². The predicted molar refractivity (Wildman–Crippen MR) is 66.1 cm³/mol. The lowest BCUT2D eigenvalue weighted by atomic mass is 9.30. The molecule has 0 aromatic heterocycles. The SMILES string of the molecule is [B]C1(C(C)(C)C)[B]CCC1(C)CCC. The Morgan fingerprint density at radius 3 is 2.36 bits per heavy atom. The highest BCUT2D eigenvalue weighted by Crippen LogP contribution is 2.63. The second kappa shape index (κ2) is 3.61. The summed E-state index contributed by atoms with van der Waals surface area (Å²) in [7, 11) is 9.01. The van der Waals surface area contributed by atoms with Gasteiger partial charge in [0, 0.05) is 0 Å². The quantitative estimate of drug-likeness (QED) is 0.581. The number of hydrogen-bond acceptors (Lipinski definition) is 0. The molecule has 1 heterocycles. The van der Waals surface area contributed by atoms with Crippen LogP contribution in [-0.4, -0.2) is 15.1 Å². The zero-order valence-corrected chi connectivity index (χ0v) is 10.5. The van der Waals surface area contributed by atoms with Crippen molar-refractivity contribution in [1.29, 1.82) is 0 Å². The predicted octanol–water partition coefficient (Wildman–Crippen LogP) is 3.65. The molecular formula is C12H23B2. The third-order valence-electron chi connectivity index (χ3n) is 4.20. The van der Waals surface area contributed by atoms with Gasteiger partial charge >= 0.3 is 0 Å². The summed E-state index contributed by atoms with van der Waals surface area (Å²) in [5, 5.41) is -0.0873. The van der Waals surface area contributed by atoms with E-state index in [0.29, 0.717) is 5.41 Å². The highest BCUT2D eigenvalue weighted by Gasteiger charge is 2.53. The normalized spacial score (nSPS) is 38.4. The average Bonchev–Trinajstić information content (AvgIpc) is 2.29. The smallest absolute Gasteiger partial charge is 0.0812 e. The van der Waals surface area contributed by atoms with E-state index in [9.17, 15) is 0 Å². The highest BCUT2D eigenvalue weighted by molar-refractivity contribution is 6.55. The molecule has 0 nitrogen and oxygen atoms in total. The molecule has 0 aliphatic carbocycles. The molecule has 2 heteroatoms. The van der Waals surface area contributed by atoms with E-state index in [1.165, 1.54) is 25.6 Å². The summed E-state index contributed by atoms with van der Waals surface area (Å²) < 4.78 is 0. The van der Waals surface area contributed by atoms with Gasteiger partial charge in [-0.05, 0) is 17.3 Å². The maximum Gasteiger partial charge on any atom is 0.108 e. The molecule has 0 aromatic rings. The molecule has 2 unspecified atom stereocenters. The Morgan fingerprint density at radius 1 is 1.36 bits per heavy atom. The summed E-state index contributed by atoms with van der Waals surface area (Å²) in [5.41, 5.74) is 0.480. The van der Waals surface area contributed by atoms with Gasteiger partial charge in [-0.15, -0.1) is 0 Å². The summed E-state index contributed by atoms with van der Waals surface area (Å²) in [5.74, 6) is 0. The molecule has 3 radical (unpaired) electrons. The molecule has 1 aliphatic rings. The van der Waals surface area contributed by atoms with Gasteiger partial charge in [0.1, 0.15) is 7.28 Å². The maximum atomic E-state index is 6.65. The first-order chi connectivity index (χ1) is 6.27. The van der Waals surface area contributed by atoms with Gasteiger partial charge in [-0.2, -0.15) is 0 Å². The van der Waals surface area contributed by atoms with E-state index in [4.69, 9.17) is 7.85 Å². The molecule has 0 N–H and O–H groups in total. The minimum atomic E-state index is -0.0873. The molecule has 14 heavy (non-hydrogen) atoms. The van der Waals surface area contributed by atoms with Gasteiger partial charge in [-0.3, -0.25) is 0 Å². The molecule has 0 saturated carbocycles. The Morgan fingerprint density at radius 2 is 1.93 bits per heavy atom. The largest absolute Gasteiger partial charge is 0.108 e. The number of rotatable bonds is 2. The van der Waals surface area contributed by atoms with Crippen LogP contribution in [0.15, 0.2) is 0 Å². The molecule has 1 fully saturated rings. The topological polar surface area (TPSA) is 0 Å². The van der Waals surface area contributed by atoms with Gasteiger partial charge < -0.3 is 0 Å². The fraction of sp³-hybridized carbons (Fsp3) is 1.00. The monoisotopic (exact) mass is 189 g/mol. The molecule has 77 valence electrons. The molecule has 1 aliphatic heterocycles. The van der Waals surface area contributed by atoms with Crippen molar-refractivity contribution in [2.24, 2.45) is 10.8 Å². The van der Waals surface area contributed by atoms with Gasteiger partial charge in [-0.25, -0.2) is 0 Å². The van der Waals surface area contributed by atoms with Crippen LogP contribution in [0.25, 0.3) is 0 Å². The van der Waals surface area contributed by atoms with Crippen LogP contribution in [0.4, 0.5) is 0 Å². The fourth-order valence-electron chi connectivity index (χ4n) is 3.17. The number of hydrogen-bond donors (Lipinski definition) is 0. The zero-order valence-electron chi connectivity index (χ0n) is 10.5. The van der Waals surface area contributed by atoms with Gasteiger partial charge in [0.05, 0.1) is 7.85 Å². The van der Waals surface area contributed by atoms with Crippen LogP contribution < -0.4 is 0 Å². The van der Waals surface area contributed by atoms with Crippen LogP contribution in [-0.2, 0) is 0 Å². The first kappa shape index (κ1) is 12.2. The fourth-order valence-corrected chi connectivity index (χ4v) is 3.17. The van der Waals surface area contributed by atoms with Crippen molar-refractivity contribution in [3.63, 3.8) is 0 Å². The summed E-state index contributed by atoms with van der Waals surface area (Å²) in [6.07, 6.45) is 4.93. The summed E-state index contributed by atoms with van der Waals surface area (Å²) in [4.78, 5) is 0. The first-order valence-electron chi connectivity index (χ1n) is 5.90. The van der Waals surface area contributed by atoms with Gasteiger partial charge in [0.25, 0.3) is 0 Å². The lowest BCUT2D eigenvalue weighted by Gasteiger charge is -2.51. The third-order valence-corrected chi connectivity index (χ3v) is 4.20. The van der Waals surface area contributed by atoms with E-state index in [1.54, 1.807) is 0 Å². The van der Waals surface area contributed by atoms with Crippen molar-refractivity contribution in [1.82, 2.24) is 0 Å². The average molecular weight is 189 g/mol. The molecule has 1 saturated heterocycles. The summed E-state index contributed by atoms with van der Waals surface area (Å²) >= 11 is 0. The Hall–Kier alpha value is 0.130. The molecule has 0 bridgehead atoms. The Balaban J connectivity index is 2.97.